The lowest BCUT2D eigenvalue weighted by Crippen LogP contribution is -3.02. The van der Waals surface area contributed by atoms with Crippen molar-refractivity contribution in [3.8, 4) is 0 Å². The van der Waals surface area contributed by atoms with Crippen molar-refractivity contribution in [1.29, 1.82) is 0 Å². The van der Waals surface area contributed by atoms with Crippen molar-refractivity contribution in [2.45, 2.75) is 49.4 Å². The molecular formula is C35H22BF24N. The van der Waals surface area contributed by atoms with Gasteiger partial charge in [0.1, 0.15) is 6.15 Å². The molecule has 0 fully saturated rings. The summed E-state index contributed by atoms with van der Waals surface area (Å²) in [6.07, 6.45) is -62.5. The van der Waals surface area contributed by atoms with E-state index >= 15 is 105 Å². The summed E-state index contributed by atoms with van der Waals surface area (Å²) in [5, 5.41) is 0. The molecule has 0 aliphatic heterocycles. The van der Waals surface area contributed by atoms with Crippen molar-refractivity contribution >= 4 is 28.0 Å². The predicted molar refractivity (Wildman–Crippen MR) is 169 cm³/mol. The van der Waals surface area contributed by atoms with Crippen LogP contribution in [0.2, 0.25) is 0 Å². The number of quaternary nitrogens is 1. The molecule has 0 heterocycles. The molecule has 4 aromatic carbocycles. The Kier molecular flexibility index (Phi) is 13.4. The predicted octanol–water partition coefficient (Wildman–Crippen LogP) is 9.98. The molecule has 4 aromatic rings. The Balaban J connectivity index is 0.00000237. The topological polar surface area (TPSA) is 4.44 Å². The second kappa shape index (κ2) is 16.2. The van der Waals surface area contributed by atoms with Crippen LogP contribution in [0.4, 0.5) is 105 Å². The van der Waals surface area contributed by atoms with E-state index < -0.39 is 195 Å². The van der Waals surface area contributed by atoms with E-state index in [0.717, 1.165) is 0 Å². The average Bonchev–Trinajstić information content (AvgIpc) is 3.05. The third-order valence-electron chi connectivity index (χ3n) is 8.60. The first-order chi connectivity index (χ1) is 27.1. The number of rotatable bonds is 4. The quantitative estimate of drug-likeness (QED) is 0.154. The Morgan fingerprint density at radius 1 is 0.262 bits per heavy atom. The van der Waals surface area contributed by atoms with Crippen LogP contribution in [-0.4, -0.2) is 27.3 Å². The molecule has 0 saturated heterocycles. The maximum Gasteiger partial charge on any atom is 0.413 e. The molecule has 0 spiro atoms. The van der Waals surface area contributed by atoms with Gasteiger partial charge in [0.2, 0.25) is 0 Å². The Morgan fingerprint density at radius 3 is 0.443 bits per heavy atom. The van der Waals surface area contributed by atoms with Crippen molar-refractivity contribution in [3.05, 3.63) is 117 Å². The zero-order chi connectivity index (χ0) is 47.5. The van der Waals surface area contributed by atoms with Crippen molar-refractivity contribution in [2.75, 3.05) is 21.1 Å². The highest BCUT2D eigenvalue weighted by Crippen LogP contribution is 2.46. The zero-order valence-corrected chi connectivity index (χ0v) is 30.1. The van der Waals surface area contributed by atoms with Gasteiger partial charge in [0.25, 0.3) is 0 Å². The van der Waals surface area contributed by atoms with Crippen molar-refractivity contribution in [1.82, 2.24) is 0 Å². The van der Waals surface area contributed by atoms with Crippen LogP contribution < -0.4 is 26.8 Å². The maximum absolute atomic E-state index is 15.0. The normalized spacial score (nSPS) is 14.0. The van der Waals surface area contributed by atoms with Gasteiger partial charge < -0.3 is 4.90 Å². The summed E-state index contributed by atoms with van der Waals surface area (Å²) in [6.45, 7) is 0. The number of benzene rings is 4. The molecule has 0 aliphatic rings. The molecule has 26 heteroatoms. The standard InChI is InChI=1S/C32H12BF24.C3H9N/c34-25(35,36)13-5-1-6-14(26(37,38)39)21(13)33(22-15(27(40,41)42)7-2-8-16(22)28(43,44)45,23-17(29(46,47)48)9-3-10-18(23)30(49,50)51)24-19(31(52,53)54)11-4-12-20(24)32(55,56)57;1-4(2)3/h1-12H;1-3H3/q-1;/p+1. The van der Waals surface area contributed by atoms with Gasteiger partial charge in [-0.05, 0) is 0 Å². The lowest BCUT2D eigenvalue weighted by molar-refractivity contribution is -0.836. The Labute approximate surface area is 326 Å². The van der Waals surface area contributed by atoms with Crippen molar-refractivity contribution in [3.63, 3.8) is 0 Å². The van der Waals surface area contributed by atoms with Gasteiger partial charge in [-0.1, -0.05) is 72.8 Å². The van der Waals surface area contributed by atoms with E-state index in [9.17, 15) is 0 Å². The van der Waals surface area contributed by atoms with E-state index in [0.29, 0.717) is 0 Å². The molecule has 0 saturated carbocycles. The summed E-state index contributed by atoms with van der Waals surface area (Å²) in [5.41, 5.74) is -42.7. The van der Waals surface area contributed by atoms with Gasteiger partial charge in [0.15, 0.2) is 0 Å². The van der Waals surface area contributed by atoms with Gasteiger partial charge in [-0.3, -0.25) is 0 Å². The molecule has 61 heavy (non-hydrogen) atoms. The average molecular weight is 923 g/mol. The van der Waals surface area contributed by atoms with Gasteiger partial charge in [0, 0.05) is 44.5 Å². The smallest absolute Gasteiger partial charge is 0.342 e. The second-order valence-electron chi connectivity index (χ2n) is 13.4. The van der Waals surface area contributed by atoms with Crippen LogP contribution in [0.25, 0.3) is 0 Å². The molecule has 0 unspecified atom stereocenters. The van der Waals surface area contributed by atoms with Crippen molar-refractivity contribution in [2.24, 2.45) is 0 Å². The van der Waals surface area contributed by atoms with E-state index in [-0.39, 0.29) is 0 Å². The molecule has 0 bridgehead atoms. The first-order valence-electron chi connectivity index (χ1n) is 16.2. The summed E-state index contributed by atoms with van der Waals surface area (Å²) in [7, 11) is 6.25. The molecule has 0 aromatic heterocycles. The minimum absolute atomic E-state index is 0.406. The zero-order valence-electron chi connectivity index (χ0n) is 30.1. The number of hydrogen-bond donors (Lipinski definition) is 1. The largest absolute Gasteiger partial charge is 0.413 e. The molecule has 1 nitrogen and oxygen atoms in total. The van der Waals surface area contributed by atoms with Crippen molar-refractivity contribution < 1.29 is 110 Å². The van der Waals surface area contributed by atoms with Crippen LogP contribution in [0.3, 0.4) is 0 Å². The number of halogens is 24. The number of nitrogens with one attached hydrogen (secondary N) is 1. The van der Waals surface area contributed by atoms with Gasteiger partial charge >= 0.3 is 49.4 Å². The van der Waals surface area contributed by atoms with E-state index in [4.69, 9.17) is 0 Å². The molecule has 338 valence electrons. The maximum atomic E-state index is 15.0. The van der Waals surface area contributed by atoms with E-state index in [1.807, 2.05) is 0 Å². The first kappa shape index (κ1) is 50.6. The molecule has 0 aliphatic carbocycles. The summed E-state index contributed by atoms with van der Waals surface area (Å²) in [5.74, 6) is 0. The van der Waals surface area contributed by atoms with Gasteiger partial charge in [-0.2, -0.15) is 127 Å². The fourth-order valence-corrected chi connectivity index (χ4v) is 6.97. The molecule has 4 rings (SSSR count). The van der Waals surface area contributed by atoms with Crippen LogP contribution in [0.1, 0.15) is 44.5 Å². The van der Waals surface area contributed by atoms with E-state index in [2.05, 4.69) is 21.1 Å². The monoisotopic (exact) mass is 923 g/mol. The Bertz CT molecular complexity index is 1750. The van der Waals surface area contributed by atoms with Gasteiger partial charge in [-0.15, -0.1) is 0 Å². The molecule has 0 amide bonds. The van der Waals surface area contributed by atoms with Crippen LogP contribution in [0, 0.1) is 0 Å². The fraction of sp³-hybridized carbons (Fsp3) is 0.314. The summed E-state index contributed by atoms with van der Waals surface area (Å²) in [4.78, 5) is 1.42. The molecule has 0 radical (unpaired) electrons. The lowest BCUT2D eigenvalue weighted by Gasteiger charge is -2.52. The fourth-order valence-electron chi connectivity index (χ4n) is 6.97. The third kappa shape index (κ3) is 10.3. The highest BCUT2D eigenvalue weighted by atomic mass is 19.4. The summed E-state index contributed by atoms with van der Waals surface area (Å²) >= 11 is 0. The molecule has 0 atom stereocenters. The molecular weight excluding hydrogens is 901 g/mol. The lowest BCUT2D eigenvalue weighted by atomic mass is 9.10. The number of hydrogen-bond acceptors (Lipinski definition) is 0. The minimum atomic E-state index is -7.76. The number of alkyl halides is 24. The van der Waals surface area contributed by atoms with E-state index in [1.165, 1.54) is 4.90 Å². The summed E-state index contributed by atoms with van der Waals surface area (Å²) in [6, 6.07) is -8.09. The first-order valence-corrected chi connectivity index (χ1v) is 16.2. The minimum Gasteiger partial charge on any atom is -0.342 e. The SMILES string of the molecule is C[NH+](C)C.FC(F)(F)c1cccc(C(F)(F)F)c1[B-](c1c(C(F)(F)F)cccc1C(F)(F)F)(c1c(C(F)(F)F)cccc1C(F)(F)F)c1c(C(F)(F)F)cccc1C(F)(F)F. The Morgan fingerprint density at radius 2 is 0.361 bits per heavy atom. The molecule has 1 N–H and O–H groups in total. The highest BCUT2D eigenvalue weighted by molar-refractivity contribution is 7.21. The van der Waals surface area contributed by atoms with Gasteiger partial charge in [-0.25, -0.2) is 0 Å². The van der Waals surface area contributed by atoms with Gasteiger partial charge in [0.05, 0.1) is 21.1 Å². The van der Waals surface area contributed by atoms with Crippen LogP contribution in [-0.2, 0) is 49.4 Å². The Hall–Kier alpha value is -4.78. The highest BCUT2D eigenvalue weighted by Gasteiger charge is 2.58. The second-order valence-corrected chi connectivity index (χ2v) is 13.4. The van der Waals surface area contributed by atoms with E-state index in [1.54, 1.807) is 0 Å². The third-order valence-corrected chi connectivity index (χ3v) is 8.60. The summed E-state index contributed by atoms with van der Waals surface area (Å²) < 4.78 is 360. The van der Waals surface area contributed by atoms with Crippen LogP contribution in [0.15, 0.2) is 72.8 Å². The van der Waals surface area contributed by atoms with Crippen LogP contribution >= 0.6 is 0 Å². The van der Waals surface area contributed by atoms with Crippen LogP contribution in [0.5, 0.6) is 0 Å².